The van der Waals surface area contributed by atoms with Crippen molar-refractivity contribution in [3.8, 4) is 11.8 Å². The average molecular weight is 222 g/mol. The van der Waals surface area contributed by atoms with Gasteiger partial charge in [-0.3, -0.25) is 4.90 Å². The molecular formula is C14H26N2. The van der Waals surface area contributed by atoms with Gasteiger partial charge in [-0.2, -0.15) is 0 Å². The van der Waals surface area contributed by atoms with Crippen LogP contribution in [0.5, 0.6) is 0 Å². The maximum absolute atomic E-state index is 3.61. The van der Waals surface area contributed by atoms with Gasteiger partial charge in [-0.15, -0.1) is 5.92 Å². The normalized spacial score (nSPS) is 22.6. The first kappa shape index (κ1) is 13.5. The van der Waals surface area contributed by atoms with Gasteiger partial charge in [0.2, 0.25) is 0 Å². The highest BCUT2D eigenvalue weighted by Gasteiger charge is 2.20. The zero-order chi connectivity index (χ0) is 12.0. The number of nitrogens with zero attached hydrogens (tertiary/aromatic N) is 1. The van der Waals surface area contributed by atoms with Crippen molar-refractivity contribution in [3.05, 3.63) is 0 Å². The predicted molar refractivity (Wildman–Crippen MR) is 70.4 cm³/mol. The van der Waals surface area contributed by atoms with Gasteiger partial charge in [0.25, 0.3) is 0 Å². The third-order valence-corrected chi connectivity index (χ3v) is 3.00. The molecule has 1 atom stereocenters. The van der Waals surface area contributed by atoms with E-state index in [9.17, 15) is 0 Å². The van der Waals surface area contributed by atoms with Crippen LogP contribution in [0.3, 0.4) is 0 Å². The molecule has 16 heavy (non-hydrogen) atoms. The summed E-state index contributed by atoms with van der Waals surface area (Å²) in [4.78, 5) is 2.48. The van der Waals surface area contributed by atoms with E-state index in [1.54, 1.807) is 0 Å². The Labute approximate surface area is 101 Å². The van der Waals surface area contributed by atoms with Gasteiger partial charge < -0.3 is 5.32 Å². The van der Waals surface area contributed by atoms with Gasteiger partial charge in [-0.05, 0) is 59.5 Å². The van der Waals surface area contributed by atoms with Crippen LogP contribution in [0.1, 0.15) is 40.5 Å². The van der Waals surface area contributed by atoms with Crippen molar-refractivity contribution in [2.24, 2.45) is 5.92 Å². The lowest BCUT2D eigenvalue weighted by Gasteiger charge is -2.33. The van der Waals surface area contributed by atoms with E-state index in [0.29, 0.717) is 0 Å². The zero-order valence-electron chi connectivity index (χ0n) is 11.3. The van der Waals surface area contributed by atoms with Crippen LogP contribution in [-0.2, 0) is 0 Å². The van der Waals surface area contributed by atoms with Gasteiger partial charge in [0.1, 0.15) is 0 Å². The molecule has 0 aliphatic carbocycles. The van der Waals surface area contributed by atoms with Gasteiger partial charge >= 0.3 is 0 Å². The first-order valence-electron chi connectivity index (χ1n) is 6.38. The summed E-state index contributed by atoms with van der Waals surface area (Å²) in [6.45, 7) is 13.1. The monoisotopic (exact) mass is 222 g/mol. The van der Waals surface area contributed by atoms with Crippen molar-refractivity contribution in [2.75, 3.05) is 26.2 Å². The second-order valence-corrected chi connectivity index (χ2v) is 5.80. The van der Waals surface area contributed by atoms with Crippen LogP contribution in [0, 0.1) is 17.8 Å². The van der Waals surface area contributed by atoms with E-state index in [-0.39, 0.29) is 5.54 Å². The highest BCUT2D eigenvalue weighted by molar-refractivity contribution is 4.98. The highest BCUT2D eigenvalue weighted by Crippen LogP contribution is 2.16. The molecule has 1 rings (SSSR count). The van der Waals surface area contributed by atoms with E-state index in [1.807, 2.05) is 6.92 Å². The van der Waals surface area contributed by atoms with Crippen molar-refractivity contribution in [3.63, 3.8) is 0 Å². The minimum atomic E-state index is 0.242. The fourth-order valence-electron chi connectivity index (χ4n) is 2.10. The average Bonchev–Trinajstić information content (AvgIpc) is 2.23. The molecule has 0 bridgehead atoms. The molecule has 2 nitrogen and oxygen atoms in total. The van der Waals surface area contributed by atoms with Crippen molar-refractivity contribution in [1.29, 1.82) is 0 Å². The van der Waals surface area contributed by atoms with Gasteiger partial charge in [0.05, 0.1) is 6.54 Å². The van der Waals surface area contributed by atoms with Crippen molar-refractivity contribution in [1.82, 2.24) is 10.2 Å². The minimum Gasteiger partial charge on any atom is -0.312 e. The predicted octanol–water partition coefficient (Wildman–Crippen LogP) is 2.11. The van der Waals surface area contributed by atoms with E-state index < -0.39 is 0 Å². The molecule has 1 fully saturated rings. The number of nitrogens with one attached hydrogen (secondary N) is 1. The van der Waals surface area contributed by atoms with E-state index in [4.69, 9.17) is 0 Å². The molecule has 0 radical (unpaired) electrons. The molecule has 1 aliphatic rings. The Balaban J connectivity index is 2.29. The molecule has 1 unspecified atom stereocenters. The summed E-state index contributed by atoms with van der Waals surface area (Å²) in [6.07, 6.45) is 2.68. The van der Waals surface area contributed by atoms with Crippen LogP contribution in [0.4, 0.5) is 0 Å². The molecule has 1 aliphatic heterocycles. The first-order valence-corrected chi connectivity index (χ1v) is 6.38. The Morgan fingerprint density at radius 1 is 1.38 bits per heavy atom. The SMILES string of the molecule is CC#CCN1CCCC(CNC(C)(C)C)C1. The van der Waals surface area contributed by atoms with Crippen LogP contribution < -0.4 is 5.32 Å². The van der Waals surface area contributed by atoms with Gasteiger partial charge in [-0.1, -0.05) is 5.92 Å². The van der Waals surface area contributed by atoms with Crippen molar-refractivity contribution < 1.29 is 0 Å². The molecular weight excluding hydrogens is 196 g/mol. The standard InChI is InChI=1S/C14H26N2/c1-5-6-9-16-10-7-8-13(12-16)11-15-14(2,3)4/h13,15H,7-12H2,1-4H3. The highest BCUT2D eigenvalue weighted by atomic mass is 15.1. The largest absolute Gasteiger partial charge is 0.312 e. The quantitative estimate of drug-likeness (QED) is 0.736. The second-order valence-electron chi connectivity index (χ2n) is 5.80. The fraction of sp³-hybridized carbons (Fsp3) is 0.857. The Morgan fingerprint density at radius 2 is 2.12 bits per heavy atom. The Morgan fingerprint density at radius 3 is 2.75 bits per heavy atom. The van der Waals surface area contributed by atoms with Crippen LogP contribution in [-0.4, -0.2) is 36.6 Å². The third-order valence-electron chi connectivity index (χ3n) is 3.00. The number of hydrogen-bond acceptors (Lipinski definition) is 2. The topological polar surface area (TPSA) is 15.3 Å². The van der Waals surface area contributed by atoms with Crippen LogP contribution in [0.2, 0.25) is 0 Å². The summed E-state index contributed by atoms with van der Waals surface area (Å²) < 4.78 is 0. The summed E-state index contributed by atoms with van der Waals surface area (Å²) in [5.41, 5.74) is 0.242. The Kier molecular flexibility index (Phi) is 5.31. The summed E-state index contributed by atoms with van der Waals surface area (Å²) in [7, 11) is 0. The Bertz CT molecular complexity index is 254. The molecule has 0 aromatic carbocycles. The summed E-state index contributed by atoms with van der Waals surface area (Å²) in [5, 5.41) is 3.61. The van der Waals surface area contributed by atoms with Gasteiger partial charge in [-0.25, -0.2) is 0 Å². The minimum absolute atomic E-state index is 0.242. The van der Waals surface area contributed by atoms with Crippen molar-refractivity contribution >= 4 is 0 Å². The molecule has 0 amide bonds. The number of likely N-dealkylation sites (tertiary alicyclic amines) is 1. The van der Waals surface area contributed by atoms with Crippen LogP contribution in [0.25, 0.3) is 0 Å². The molecule has 1 heterocycles. The molecule has 1 saturated heterocycles. The lowest BCUT2D eigenvalue weighted by molar-refractivity contribution is 0.183. The maximum Gasteiger partial charge on any atom is 0.0601 e. The number of hydrogen-bond donors (Lipinski definition) is 1. The van der Waals surface area contributed by atoms with E-state index in [2.05, 4.69) is 42.8 Å². The lowest BCUT2D eigenvalue weighted by atomic mass is 9.96. The van der Waals surface area contributed by atoms with Crippen molar-refractivity contribution in [2.45, 2.75) is 46.1 Å². The van der Waals surface area contributed by atoms with E-state index in [1.165, 1.54) is 25.9 Å². The van der Waals surface area contributed by atoms with Crippen LogP contribution in [0.15, 0.2) is 0 Å². The smallest absolute Gasteiger partial charge is 0.0601 e. The summed E-state index contributed by atoms with van der Waals surface area (Å²) in [5.74, 6) is 6.94. The lowest BCUT2D eigenvalue weighted by Crippen LogP contribution is -2.44. The zero-order valence-corrected chi connectivity index (χ0v) is 11.3. The summed E-state index contributed by atoms with van der Waals surface area (Å²) >= 11 is 0. The van der Waals surface area contributed by atoms with Gasteiger partial charge in [0, 0.05) is 12.1 Å². The van der Waals surface area contributed by atoms with E-state index in [0.717, 1.165) is 19.0 Å². The second kappa shape index (κ2) is 6.27. The maximum atomic E-state index is 3.61. The molecule has 2 heteroatoms. The molecule has 0 saturated carbocycles. The molecule has 0 aromatic rings. The fourth-order valence-corrected chi connectivity index (χ4v) is 2.10. The summed E-state index contributed by atoms with van der Waals surface area (Å²) in [6, 6.07) is 0. The van der Waals surface area contributed by atoms with E-state index >= 15 is 0 Å². The molecule has 1 N–H and O–H groups in total. The first-order chi connectivity index (χ1) is 7.51. The molecule has 0 spiro atoms. The number of rotatable bonds is 3. The van der Waals surface area contributed by atoms with Crippen LogP contribution >= 0.6 is 0 Å². The molecule has 92 valence electrons. The van der Waals surface area contributed by atoms with Gasteiger partial charge in [0.15, 0.2) is 0 Å². The third kappa shape index (κ3) is 5.53. The Hall–Kier alpha value is -0.520. The number of piperidine rings is 1. The molecule has 0 aromatic heterocycles.